The van der Waals surface area contributed by atoms with Gasteiger partial charge in [-0.15, -0.1) is 0 Å². The van der Waals surface area contributed by atoms with E-state index in [0.29, 0.717) is 23.0 Å². The van der Waals surface area contributed by atoms with Gasteiger partial charge in [-0.2, -0.15) is 0 Å². The van der Waals surface area contributed by atoms with Gasteiger partial charge in [-0.3, -0.25) is 9.59 Å². The van der Waals surface area contributed by atoms with Gasteiger partial charge in [0.25, 0.3) is 5.91 Å². The van der Waals surface area contributed by atoms with Crippen molar-refractivity contribution in [1.82, 2.24) is 9.80 Å². The van der Waals surface area contributed by atoms with E-state index in [1.54, 1.807) is 19.1 Å². The number of benzene rings is 1. The molecule has 3 saturated heterocycles. The van der Waals surface area contributed by atoms with Crippen LogP contribution in [-0.2, 0) is 4.79 Å². The minimum Gasteiger partial charge on any atom is -0.341 e. The Morgan fingerprint density at radius 3 is 2.62 bits per heavy atom. The van der Waals surface area contributed by atoms with Gasteiger partial charge in [0.1, 0.15) is 0 Å². The summed E-state index contributed by atoms with van der Waals surface area (Å²) in [6.45, 7) is 3.73. The van der Waals surface area contributed by atoms with Crippen LogP contribution >= 0.6 is 11.6 Å². The second-order valence-electron chi connectivity index (χ2n) is 5.96. The van der Waals surface area contributed by atoms with Gasteiger partial charge < -0.3 is 9.80 Å². The molecule has 2 bridgehead atoms. The monoisotopic (exact) mass is 306 g/mol. The third-order valence-corrected chi connectivity index (χ3v) is 4.85. The van der Waals surface area contributed by atoms with Crippen LogP contribution in [0.3, 0.4) is 0 Å². The molecule has 0 aliphatic carbocycles. The molecule has 0 unspecified atom stereocenters. The van der Waals surface area contributed by atoms with Gasteiger partial charge in [0.05, 0.1) is 10.6 Å². The van der Waals surface area contributed by atoms with Gasteiger partial charge in [0, 0.05) is 32.6 Å². The molecule has 4 rings (SSSR count). The van der Waals surface area contributed by atoms with Crippen LogP contribution in [0.1, 0.15) is 30.1 Å². The first kappa shape index (κ1) is 14.4. The number of rotatable bonds is 1. The zero-order chi connectivity index (χ0) is 15.0. The predicted molar refractivity (Wildman–Crippen MR) is 81.3 cm³/mol. The number of halogens is 1. The van der Waals surface area contributed by atoms with E-state index in [1.807, 2.05) is 21.9 Å². The molecule has 0 saturated carbocycles. The highest BCUT2D eigenvalue weighted by atomic mass is 35.5. The van der Waals surface area contributed by atoms with Crippen LogP contribution in [-0.4, -0.2) is 47.3 Å². The highest BCUT2D eigenvalue weighted by Gasteiger charge is 2.38. The van der Waals surface area contributed by atoms with Crippen LogP contribution < -0.4 is 0 Å². The van der Waals surface area contributed by atoms with E-state index in [2.05, 4.69) is 0 Å². The Kier molecular flexibility index (Phi) is 3.89. The summed E-state index contributed by atoms with van der Waals surface area (Å²) < 4.78 is 0. The number of carbonyl (C=O) groups excluding carboxylic acids is 2. The zero-order valence-electron chi connectivity index (χ0n) is 12.1. The van der Waals surface area contributed by atoms with E-state index in [4.69, 9.17) is 11.6 Å². The summed E-state index contributed by atoms with van der Waals surface area (Å²) in [5, 5.41) is 0.492. The van der Waals surface area contributed by atoms with Crippen molar-refractivity contribution in [1.29, 1.82) is 0 Å². The molecule has 1 aromatic carbocycles. The van der Waals surface area contributed by atoms with Crippen molar-refractivity contribution in [2.24, 2.45) is 5.92 Å². The van der Waals surface area contributed by atoms with Crippen LogP contribution in [0.5, 0.6) is 0 Å². The van der Waals surface area contributed by atoms with Crippen LogP contribution in [0, 0.1) is 5.92 Å². The topological polar surface area (TPSA) is 40.6 Å². The quantitative estimate of drug-likeness (QED) is 0.799. The molecule has 2 amide bonds. The average molecular weight is 307 g/mol. The molecule has 3 aliphatic heterocycles. The lowest BCUT2D eigenvalue weighted by Gasteiger charge is -2.36. The lowest BCUT2D eigenvalue weighted by atomic mass is 9.94. The third kappa shape index (κ3) is 2.77. The summed E-state index contributed by atoms with van der Waals surface area (Å²) in [7, 11) is 0. The summed E-state index contributed by atoms with van der Waals surface area (Å²) >= 11 is 6.15. The van der Waals surface area contributed by atoms with E-state index < -0.39 is 0 Å². The van der Waals surface area contributed by atoms with Crippen molar-refractivity contribution < 1.29 is 9.59 Å². The van der Waals surface area contributed by atoms with Gasteiger partial charge in [-0.1, -0.05) is 23.7 Å². The van der Waals surface area contributed by atoms with Gasteiger partial charge in [-0.25, -0.2) is 0 Å². The Bertz CT molecular complexity index is 575. The van der Waals surface area contributed by atoms with Crippen molar-refractivity contribution in [3.05, 3.63) is 34.9 Å². The fourth-order valence-corrected chi connectivity index (χ4v) is 3.59. The summed E-state index contributed by atoms with van der Waals surface area (Å²) in [5.74, 6) is 0.457. The first-order chi connectivity index (χ1) is 10.1. The van der Waals surface area contributed by atoms with Gasteiger partial charge in [0.2, 0.25) is 5.91 Å². The lowest BCUT2D eigenvalue weighted by molar-refractivity contribution is -0.129. The molecule has 3 aliphatic rings. The van der Waals surface area contributed by atoms with E-state index in [0.717, 1.165) is 25.9 Å². The smallest absolute Gasteiger partial charge is 0.255 e. The molecule has 0 radical (unpaired) electrons. The molecule has 3 heterocycles. The highest BCUT2D eigenvalue weighted by molar-refractivity contribution is 6.33. The Morgan fingerprint density at radius 2 is 1.90 bits per heavy atom. The Hall–Kier alpha value is -1.55. The first-order valence-corrected chi connectivity index (χ1v) is 7.75. The van der Waals surface area contributed by atoms with Crippen molar-refractivity contribution in [3.8, 4) is 0 Å². The molecule has 21 heavy (non-hydrogen) atoms. The molecule has 0 spiro atoms. The van der Waals surface area contributed by atoms with Crippen LogP contribution in [0.15, 0.2) is 24.3 Å². The van der Waals surface area contributed by atoms with E-state index in [-0.39, 0.29) is 17.9 Å². The fourth-order valence-electron chi connectivity index (χ4n) is 3.38. The van der Waals surface area contributed by atoms with Crippen LogP contribution in [0.2, 0.25) is 5.02 Å². The van der Waals surface area contributed by atoms with Crippen molar-refractivity contribution in [3.63, 3.8) is 0 Å². The Labute approximate surface area is 129 Å². The average Bonchev–Trinajstić information content (AvgIpc) is 2.79. The van der Waals surface area contributed by atoms with E-state index in [1.165, 1.54) is 0 Å². The fraction of sp³-hybridized carbons (Fsp3) is 0.500. The molecule has 0 N–H and O–H groups in total. The maximum absolute atomic E-state index is 12.8. The number of amides is 2. The molecule has 4 nitrogen and oxygen atoms in total. The summed E-state index contributed by atoms with van der Waals surface area (Å²) in [6, 6.07) is 7.28. The molecule has 3 fully saturated rings. The molecular formula is C16H19ClN2O2. The summed E-state index contributed by atoms with van der Waals surface area (Å²) in [4.78, 5) is 28.2. The molecule has 5 heteroatoms. The third-order valence-electron chi connectivity index (χ3n) is 4.52. The van der Waals surface area contributed by atoms with Gasteiger partial charge in [-0.05, 0) is 30.9 Å². The number of carbonyl (C=O) groups is 2. The molecule has 0 aromatic heterocycles. The first-order valence-electron chi connectivity index (χ1n) is 7.37. The minimum atomic E-state index is -0.0132. The van der Waals surface area contributed by atoms with Gasteiger partial charge >= 0.3 is 0 Å². The number of fused-ring (bicyclic) bond motifs is 4. The maximum Gasteiger partial charge on any atom is 0.255 e. The number of nitrogens with zero attached hydrogens (tertiary/aromatic N) is 2. The Balaban J connectivity index is 1.85. The van der Waals surface area contributed by atoms with Gasteiger partial charge in [0.15, 0.2) is 0 Å². The van der Waals surface area contributed by atoms with Crippen molar-refractivity contribution in [2.45, 2.75) is 25.8 Å². The minimum absolute atomic E-state index is 0.0132. The van der Waals surface area contributed by atoms with Crippen molar-refractivity contribution >= 4 is 23.4 Å². The lowest BCUT2D eigenvalue weighted by Crippen LogP contribution is -2.47. The predicted octanol–water partition coefficient (Wildman–Crippen LogP) is 2.42. The van der Waals surface area contributed by atoms with E-state index in [9.17, 15) is 9.59 Å². The van der Waals surface area contributed by atoms with E-state index >= 15 is 0 Å². The molecule has 112 valence electrons. The standard InChI is InChI=1S/C16H19ClN2O2/c1-11(20)18-8-12-6-7-13(10-18)19(9-12)16(21)14-4-2-3-5-15(14)17/h2-5,12-13H,6-10H2,1H3/t12-,13+/m1/s1. The molecule has 2 atom stereocenters. The summed E-state index contributed by atoms with van der Waals surface area (Å²) in [5.41, 5.74) is 0.557. The number of hydrogen-bond acceptors (Lipinski definition) is 2. The second kappa shape index (κ2) is 5.68. The summed E-state index contributed by atoms with van der Waals surface area (Å²) in [6.07, 6.45) is 2.05. The highest BCUT2D eigenvalue weighted by Crippen LogP contribution is 2.30. The van der Waals surface area contributed by atoms with Crippen molar-refractivity contribution in [2.75, 3.05) is 19.6 Å². The largest absolute Gasteiger partial charge is 0.341 e. The zero-order valence-corrected chi connectivity index (χ0v) is 12.8. The molecular weight excluding hydrogens is 288 g/mol. The molecule has 1 aromatic rings. The normalized spacial score (nSPS) is 24.9. The second-order valence-corrected chi connectivity index (χ2v) is 6.37. The number of hydrogen-bond donors (Lipinski definition) is 0. The SMILES string of the molecule is CC(=O)N1C[C@H]2CC[C@@H](C1)N(C(=O)c1ccccc1Cl)C2. The van der Waals surface area contributed by atoms with Crippen LogP contribution in [0.4, 0.5) is 0 Å². The Morgan fingerprint density at radius 1 is 1.14 bits per heavy atom. The van der Waals surface area contributed by atoms with Crippen LogP contribution in [0.25, 0.3) is 0 Å². The number of piperidine rings is 1. The maximum atomic E-state index is 12.8.